The normalized spacial score (nSPS) is 11.8. The van der Waals surface area contributed by atoms with Gasteiger partial charge < -0.3 is 0 Å². The van der Waals surface area contributed by atoms with E-state index < -0.39 is 30.3 Å². The average molecular weight is 704 g/mol. The van der Waals surface area contributed by atoms with Crippen molar-refractivity contribution in [2.75, 3.05) is 0 Å². The van der Waals surface area contributed by atoms with Crippen LogP contribution in [0.15, 0.2) is 48.5 Å². The zero-order valence-electron chi connectivity index (χ0n) is 22.3. The van der Waals surface area contributed by atoms with Crippen LogP contribution >= 0.6 is 45.9 Å². The molecular formula is C30H26Cl2O4S2Sn. The van der Waals surface area contributed by atoms with E-state index in [4.69, 9.17) is 32.7 Å². The number of carbonyl (C=O) groups excluding carboxylic acids is 2. The molecule has 0 aliphatic rings. The van der Waals surface area contributed by atoms with Gasteiger partial charge in [0.15, 0.2) is 0 Å². The van der Waals surface area contributed by atoms with Gasteiger partial charge in [-0.3, -0.25) is 0 Å². The Morgan fingerprint density at radius 3 is 1.51 bits per heavy atom. The molecule has 0 unspecified atom stereocenters. The predicted molar refractivity (Wildman–Crippen MR) is 167 cm³/mol. The molecule has 2 aromatic heterocycles. The summed E-state index contributed by atoms with van der Waals surface area (Å²) in [6.45, 7) is 5.80. The molecule has 0 saturated carbocycles. The van der Waals surface area contributed by atoms with Gasteiger partial charge in [0.25, 0.3) is 0 Å². The standard InChI is InChI=1S/C27H17Cl2O4S2.3CH3.Sn/c1-13-4-8-16(9-5-13)32-26(30)21-19-18(28)12-34-24(19)22(20-23(29)15(3)35-25(20)21)27(31)33-17-10-6-14(2)7-11-17;;;;/h4-11H,1-3H3;3*1H3;. The first-order chi connectivity index (χ1) is 18.4. The van der Waals surface area contributed by atoms with Gasteiger partial charge >= 0.3 is 251 Å². The maximum absolute atomic E-state index is 13.9. The van der Waals surface area contributed by atoms with Gasteiger partial charge in [0.1, 0.15) is 0 Å². The molecule has 4 nitrogen and oxygen atoms in total. The molecule has 0 radical (unpaired) electrons. The van der Waals surface area contributed by atoms with Crippen LogP contribution in [0.25, 0.3) is 20.2 Å². The Morgan fingerprint density at radius 1 is 0.667 bits per heavy atom. The first kappa shape index (κ1) is 28.4. The quantitative estimate of drug-likeness (QED) is 0.104. The van der Waals surface area contributed by atoms with Gasteiger partial charge in [0.2, 0.25) is 0 Å². The van der Waals surface area contributed by atoms with E-state index in [2.05, 4.69) is 14.8 Å². The van der Waals surface area contributed by atoms with Gasteiger partial charge in [-0.2, -0.15) is 0 Å². The Kier molecular flexibility index (Phi) is 7.81. The third-order valence-corrected chi connectivity index (χ3v) is 19.6. The third kappa shape index (κ3) is 5.34. The third-order valence-electron chi connectivity index (χ3n) is 6.37. The molecule has 9 heteroatoms. The SMILES string of the molecule is Cc1ccc(OC(=O)c2c3s[c]([Sn]([CH3])([CH3])[CH3])c(Cl)c3c(C(=O)Oc3ccc(C)cc3)c3sc(C)c(Cl)c23)cc1. The van der Waals surface area contributed by atoms with Crippen molar-refractivity contribution < 1.29 is 19.1 Å². The van der Waals surface area contributed by atoms with Gasteiger partial charge in [-0.15, -0.1) is 0 Å². The number of rotatable bonds is 5. The van der Waals surface area contributed by atoms with Gasteiger partial charge in [0.05, 0.1) is 0 Å². The Bertz CT molecular complexity index is 1700. The van der Waals surface area contributed by atoms with Gasteiger partial charge in [-0.05, 0) is 0 Å². The minimum atomic E-state index is -2.79. The van der Waals surface area contributed by atoms with Crippen LogP contribution in [0.3, 0.4) is 0 Å². The number of ether oxygens (including phenoxy) is 2. The van der Waals surface area contributed by atoms with E-state index in [1.165, 1.54) is 22.7 Å². The summed E-state index contributed by atoms with van der Waals surface area (Å²) in [5, 5.41) is 1.96. The van der Waals surface area contributed by atoms with E-state index >= 15 is 0 Å². The van der Waals surface area contributed by atoms with Crippen LogP contribution in [-0.2, 0) is 0 Å². The van der Waals surface area contributed by atoms with Crippen LogP contribution in [0.2, 0.25) is 24.9 Å². The first-order valence-corrected chi connectivity index (χ1v) is 24.7. The van der Waals surface area contributed by atoms with E-state index in [9.17, 15) is 9.59 Å². The number of hydrogen-bond acceptors (Lipinski definition) is 6. The van der Waals surface area contributed by atoms with Crippen molar-refractivity contribution in [2.45, 2.75) is 35.6 Å². The van der Waals surface area contributed by atoms with Crippen molar-refractivity contribution in [1.82, 2.24) is 0 Å². The van der Waals surface area contributed by atoms with E-state index in [0.717, 1.165) is 18.9 Å². The van der Waals surface area contributed by atoms with E-state index in [1.807, 2.05) is 45.0 Å². The molecule has 0 aliphatic carbocycles. The van der Waals surface area contributed by atoms with Crippen LogP contribution in [0.5, 0.6) is 11.5 Å². The topological polar surface area (TPSA) is 52.6 Å². The number of halogens is 2. The molecule has 0 amide bonds. The number of esters is 2. The molecule has 0 N–H and O–H groups in total. The molecular weight excluding hydrogens is 678 g/mol. The van der Waals surface area contributed by atoms with Crippen LogP contribution in [0, 0.1) is 20.8 Å². The van der Waals surface area contributed by atoms with Crippen LogP contribution in [0.1, 0.15) is 36.7 Å². The number of carbonyl (C=O) groups is 2. The zero-order valence-corrected chi connectivity index (χ0v) is 28.3. The fraction of sp³-hybridized carbons (Fsp3) is 0.200. The van der Waals surface area contributed by atoms with Crippen LogP contribution in [-0.4, -0.2) is 30.3 Å². The first-order valence-electron chi connectivity index (χ1n) is 12.3. The summed E-state index contributed by atoms with van der Waals surface area (Å²) in [5.74, 6) is -0.229. The van der Waals surface area contributed by atoms with Crippen molar-refractivity contribution in [3.63, 3.8) is 0 Å². The van der Waals surface area contributed by atoms with E-state index in [1.54, 1.807) is 24.3 Å². The second kappa shape index (κ2) is 10.7. The number of fused-ring (bicyclic) bond motifs is 2. The molecule has 5 rings (SSSR count). The number of hydrogen-bond donors (Lipinski definition) is 0. The molecule has 0 atom stereocenters. The fourth-order valence-corrected chi connectivity index (χ4v) is 15.1. The predicted octanol–water partition coefficient (Wildman–Crippen LogP) is 9.33. The molecule has 2 heterocycles. The summed E-state index contributed by atoms with van der Waals surface area (Å²) >= 11 is 14.0. The average Bonchev–Trinajstić information content (AvgIpc) is 3.36. The summed E-state index contributed by atoms with van der Waals surface area (Å²) in [6, 6.07) is 14.6. The Morgan fingerprint density at radius 2 is 1.08 bits per heavy atom. The molecule has 3 aromatic carbocycles. The molecule has 200 valence electrons. The number of thiophene rings is 2. The summed E-state index contributed by atoms with van der Waals surface area (Å²) in [7, 11) is 0. The Balaban J connectivity index is 1.80. The van der Waals surface area contributed by atoms with Crippen molar-refractivity contribution in [3.8, 4) is 11.5 Å². The monoisotopic (exact) mass is 704 g/mol. The second-order valence-electron chi connectivity index (χ2n) is 10.5. The van der Waals surface area contributed by atoms with Crippen molar-refractivity contribution in [3.05, 3.63) is 85.7 Å². The van der Waals surface area contributed by atoms with Crippen molar-refractivity contribution in [1.29, 1.82) is 0 Å². The van der Waals surface area contributed by atoms with Crippen molar-refractivity contribution >= 4 is 99.3 Å². The molecule has 0 bridgehead atoms. The summed E-state index contributed by atoms with van der Waals surface area (Å²) in [6.07, 6.45) is 0. The molecule has 5 aromatic rings. The van der Waals surface area contributed by atoms with Crippen LogP contribution in [0.4, 0.5) is 0 Å². The van der Waals surface area contributed by atoms with Crippen molar-refractivity contribution in [2.24, 2.45) is 0 Å². The number of benzene rings is 3. The van der Waals surface area contributed by atoms with Gasteiger partial charge in [0, 0.05) is 0 Å². The van der Waals surface area contributed by atoms with Crippen LogP contribution < -0.4 is 12.4 Å². The Labute approximate surface area is 249 Å². The van der Waals surface area contributed by atoms with Gasteiger partial charge in [-0.1, -0.05) is 0 Å². The fourth-order valence-electron chi connectivity index (χ4n) is 4.36. The van der Waals surface area contributed by atoms with Gasteiger partial charge in [-0.25, -0.2) is 0 Å². The molecule has 0 fully saturated rings. The molecule has 0 spiro atoms. The zero-order chi connectivity index (χ0) is 28.2. The molecule has 39 heavy (non-hydrogen) atoms. The summed E-state index contributed by atoms with van der Waals surface area (Å²) in [5.41, 5.74) is 2.77. The number of aryl methyl sites for hydroxylation is 3. The summed E-state index contributed by atoms with van der Waals surface area (Å²) in [4.78, 5) is 35.2. The Hall–Kier alpha value is -2.10. The van der Waals surface area contributed by atoms with E-state index in [-0.39, 0.29) is 0 Å². The summed E-state index contributed by atoms with van der Waals surface area (Å²) < 4.78 is 13.9. The molecule has 0 saturated heterocycles. The molecule has 0 aliphatic heterocycles. The maximum atomic E-state index is 13.9. The minimum absolute atomic E-state index is 0.329. The second-order valence-corrected chi connectivity index (χ2v) is 28.8. The van der Waals surface area contributed by atoms with E-state index in [0.29, 0.717) is 52.8 Å².